The molecule has 1 N–H and O–H groups in total. The molecule has 6 heteroatoms. The Hall–Kier alpha value is -1.85. The van der Waals surface area contributed by atoms with Crippen LogP contribution in [0.1, 0.15) is 26.7 Å². The molecule has 1 aromatic heterocycles. The van der Waals surface area contributed by atoms with E-state index in [9.17, 15) is 4.79 Å². The number of hydrogen-bond donors (Lipinski definition) is 1. The summed E-state index contributed by atoms with van der Waals surface area (Å²) in [6, 6.07) is 0. The van der Waals surface area contributed by atoms with Gasteiger partial charge in [0.1, 0.15) is 0 Å². The number of rotatable bonds is 4. The molecule has 20 heavy (non-hydrogen) atoms. The monoisotopic (exact) mass is 278 g/mol. The molecule has 2 rings (SSSR count). The van der Waals surface area contributed by atoms with Crippen molar-refractivity contribution in [2.45, 2.75) is 32.8 Å². The number of nitrogens with one attached hydrogen (secondary N) is 1. The van der Waals surface area contributed by atoms with Gasteiger partial charge in [-0.2, -0.15) is 0 Å². The van der Waals surface area contributed by atoms with Crippen LogP contribution in [-0.4, -0.2) is 42.1 Å². The Morgan fingerprint density at radius 2 is 2.20 bits per heavy atom. The number of amides is 1. The van der Waals surface area contributed by atoms with Crippen molar-refractivity contribution in [3.05, 3.63) is 12.4 Å². The summed E-state index contributed by atoms with van der Waals surface area (Å²) in [5.41, 5.74) is 0. The highest BCUT2D eigenvalue weighted by Crippen LogP contribution is 2.28. The molecule has 2 heterocycles. The summed E-state index contributed by atoms with van der Waals surface area (Å²) in [7, 11) is 1.68. The summed E-state index contributed by atoms with van der Waals surface area (Å²) in [5, 5.41) is 2.72. The fourth-order valence-corrected chi connectivity index (χ4v) is 2.43. The van der Waals surface area contributed by atoms with Crippen LogP contribution in [0.25, 0.3) is 0 Å². The Bertz CT molecular complexity index is 464. The average molecular weight is 278 g/mol. The largest absolute Gasteiger partial charge is 0.472 e. The highest BCUT2D eigenvalue weighted by Gasteiger charge is 2.27. The van der Waals surface area contributed by atoms with Gasteiger partial charge in [0.25, 0.3) is 5.88 Å². The van der Waals surface area contributed by atoms with E-state index in [0.717, 1.165) is 25.2 Å². The number of ether oxygens (including phenoxy) is 1. The van der Waals surface area contributed by atoms with E-state index in [-0.39, 0.29) is 17.9 Å². The maximum atomic E-state index is 11.8. The molecule has 0 bridgehead atoms. The van der Waals surface area contributed by atoms with Crippen molar-refractivity contribution in [1.82, 2.24) is 15.3 Å². The minimum absolute atomic E-state index is 0.00246. The van der Waals surface area contributed by atoms with Gasteiger partial charge >= 0.3 is 0 Å². The number of carbonyl (C=O) groups is 1. The molecular weight excluding hydrogens is 256 g/mol. The predicted octanol–water partition coefficient (Wildman–Crippen LogP) is 1.23. The molecule has 1 saturated heterocycles. The van der Waals surface area contributed by atoms with Gasteiger partial charge in [-0.05, 0) is 26.7 Å². The summed E-state index contributed by atoms with van der Waals surface area (Å²) in [6.07, 6.45) is 5.21. The van der Waals surface area contributed by atoms with E-state index < -0.39 is 0 Å². The molecule has 1 aliphatic heterocycles. The van der Waals surface area contributed by atoms with Crippen molar-refractivity contribution in [3.63, 3.8) is 0 Å². The number of nitrogens with zero attached hydrogens (tertiary/aromatic N) is 3. The van der Waals surface area contributed by atoms with E-state index in [4.69, 9.17) is 4.74 Å². The van der Waals surface area contributed by atoms with Gasteiger partial charge in [0.05, 0.1) is 12.0 Å². The van der Waals surface area contributed by atoms with Gasteiger partial charge in [0, 0.05) is 32.5 Å². The Morgan fingerprint density at radius 3 is 2.90 bits per heavy atom. The molecule has 1 unspecified atom stereocenters. The molecular formula is C14H22N4O2. The van der Waals surface area contributed by atoms with Crippen LogP contribution >= 0.6 is 0 Å². The molecule has 0 radical (unpaired) electrons. The van der Waals surface area contributed by atoms with Gasteiger partial charge in [-0.15, -0.1) is 0 Å². The second-order valence-corrected chi connectivity index (χ2v) is 5.25. The molecule has 1 aromatic rings. The standard InChI is InChI=1S/C14H22N4O2/c1-10(2)20-14-12(16-6-7-17-14)18-8-4-5-11(9-18)13(19)15-3/h6-7,10-11H,4-5,8-9H2,1-3H3,(H,15,19). The van der Waals surface area contributed by atoms with Crippen LogP contribution in [0.2, 0.25) is 0 Å². The Balaban J connectivity index is 2.16. The fraction of sp³-hybridized carbons (Fsp3) is 0.643. The number of hydrogen-bond acceptors (Lipinski definition) is 5. The number of anilines is 1. The van der Waals surface area contributed by atoms with E-state index in [1.165, 1.54) is 0 Å². The van der Waals surface area contributed by atoms with E-state index in [1.807, 2.05) is 13.8 Å². The van der Waals surface area contributed by atoms with Gasteiger partial charge in [-0.25, -0.2) is 9.97 Å². The molecule has 1 fully saturated rings. The number of piperidine rings is 1. The third kappa shape index (κ3) is 3.37. The highest BCUT2D eigenvalue weighted by atomic mass is 16.5. The lowest BCUT2D eigenvalue weighted by atomic mass is 9.97. The van der Waals surface area contributed by atoms with Crippen LogP contribution in [0.5, 0.6) is 5.88 Å². The van der Waals surface area contributed by atoms with Crippen molar-refractivity contribution in [3.8, 4) is 5.88 Å². The third-order valence-electron chi connectivity index (χ3n) is 3.33. The smallest absolute Gasteiger partial charge is 0.257 e. The highest BCUT2D eigenvalue weighted by molar-refractivity contribution is 5.79. The first-order valence-corrected chi connectivity index (χ1v) is 7.06. The minimum Gasteiger partial charge on any atom is -0.472 e. The van der Waals surface area contributed by atoms with E-state index in [0.29, 0.717) is 12.4 Å². The summed E-state index contributed by atoms with van der Waals surface area (Å²) in [6.45, 7) is 5.46. The van der Waals surface area contributed by atoms with Gasteiger partial charge in [0.2, 0.25) is 5.91 Å². The molecule has 1 aliphatic rings. The maximum absolute atomic E-state index is 11.8. The van der Waals surface area contributed by atoms with Crippen LogP contribution < -0.4 is 15.0 Å². The second-order valence-electron chi connectivity index (χ2n) is 5.25. The van der Waals surface area contributed by atoms with Crippen molar-refractivity contribution in [1.29, 1.82) is 0 Å². The van der Waals surface area contributed by atoms with Crippen molar-refractivity contribution in [2.24, 2.45) is 5.92 Å². The summed E-state index contributed by atoms with van der Waals surface area (Å²) < 4.78 is 5.70. The Labute approximate surface area is 119 Å². The molecule has 0 spiro atoms. The topological polar surface area (TPSA) is 67.4 Å². The Morgan fingerprint density at radius 1 is 1.45 bits per heavy atom. The first-order chi connectivity index (χ1) is 9.61. The second kappa shape index (κ2) is 6.54. The van der Waals surface area contributed by atoms with Gasteiger partial charge in [-0.1, -0.05) is 0 Å². The first kappa shape index (κ1) is 14.6. The van der Waals surface area contributed by atoms with Gasteiger partial charge in [0.15, 0.2) is 5.82 Å². The van der Waals surface area contributed by atoms with Crippen molar-refractivity contribution in [2.75, 3.05) is 25.0 Å². The van der Waals surface area contributed by atoms with Crippen molar-refractivity contribution >= 4 is 11.7 Å². The van der Waals surface area contributed by atoms with E-state index in [2.05, 4.69) is 20.2 Å². The zero-order chi connectivity index (χ0) is 14.5. The molecule has 0 aliphatic carbocycles. The molecule has 1 amide bonds. The van der Waals surface area contributed by atoms with Crippen LogP contribution in [0.4, 0.5) is 5.82 Å². The summed E-state index contributed by atoms with van der Waals surface area (Å²) >= 11 is 0. The molecule has 110 valence electrons. The van der Waals surface area contributed by atoms with E-state index in [1.54, 1.807) is 19.4 Å². The van der Waals surface area contributed by atoms with Crippen LogP contribution in [0.15, 0.2) is 12.4 Å². The zero-order valence-corrected chi connectivity index (χ0v) is 12.3. The molecule has 0 aromatic carbocycles. The fourth-order valence-electron chi connectivity index (χ4n) is 2.43. The number of carbonyl (C=O) groups excluding carboxylic acids is 1. The molecule has 0 saturated carbocycles. The normalized spacial score (nSPS) is 19.0. The lowest BCUT2D eigenvalue weighted by Gasteiger charge is -2.33. The first-order valence-electron chi connectivity index (χ1n) is 7.06. The third-order valence-corrected chi connectivity index (χ3v) is 3.33. The van der Waals surface area contributed by atoms with Crippen LogP contribution in [0.3, 0.4) is 0 Å². The zero-order valence-electron chi connectivity index (χ0n) is 12.3. The molecule has 6 nitrogen and oxygen atoms in total. The molecule has 1 atom stereocenters. The van der Waals surface area contributed by atoms with Gasteiger partial charge < -0.3 is 15.0 Å². The summed E-state index contributed by atoms with van der Waals surface area (Å²) in [5.74, 6) is 1.36. The van der Waals surface area contributed by atoms with Crippen LogP contribution in [0, 0.1) is 5.92 Å². The average Bonchev–Trinajstić information content (AvgIpc) is 2.46. The predicted molar refractivity (Wildman–Crippen MR) is 76.8 cm³/mol. The Kier molecular flexibility index (Phi) is 4.76. The summed E-state index contributed by atoms with van der Waals surface area (Å²) in [4.78, 5) is 22.5. The van der Waals surface area contributed by atoms with E-state index >= 15 is 0 Å². The quantitative estimate of drug-likeness (QED) is 0.897. The van der Waals surface area contributed by atoms with Crippen LogP contribution in [-0.2, 0) is 4.79 Å². The lowest BCUT2D eigenvalue weighted by Crippen LogP contribution is -2.42. The maximum Gasteiger partial charge on any atom is 0.257 e. The van der Waals surface area contributed by atoms with Crippen molar-refractivity contribution < 1.29 is 9.53 Å². The minimum atomic E-state index is 0.00246. The van der Waals surface area contributed by atoms with Gasteiger partial charge in [-0.3, -0.25) is 4.79 Å². The number of aromatic nitrogens is 2. The SMILES string of the molecule is CNC(=O)C1CCCN(c2nccnc2OC(C)C)C1. The lowest BCUT2D eigenvalue weighted by molar-refractivity contribution is -0.124.